The highest BCUT2D eigenvalue weighted by Gasteiger charge is 2.29. The predicted molar refractivity (Wildman–Crippen MR) is 108 cm³/mol. The molecule has 3 amide bonds. The van der Waals surface area contributed by atoms with Crippen molar-refractivity contribution in [1.82, 2.24) is 10.6 Å². The first-order chi connectivity index (χ1) is 13.6. The molecule has 0 spiro atoms. The van der Waals surface area contributed by atoms with Crippen molar-refractivity contribution >= 4 is 35.5 Å². The average molecular weight is 426 g/mol. The normalized spacial score (nSPS) is 13.7. The third-order valence-corrected chi connectivity index (χ3v) is 4.64. The van der Waals surface area contributed by atoms with Crippen LogP contribution in [0.2, 0.25) is 0 Å². The first-order valence-corrected chi connectivity index (χ1v) is 10.2. The van der Waals surface area contributed by atoms with Crippen molar-refractivity contribution in [2.45, 2.75) is 37.4 Å². The third kappa shape index (κ3) is 8.83. The highest BCUT2D eigenvalue weighted by atomic mass is 32.2. The van der Waals surface area contributed by atoms with Gasteiger partial charge in [-0.15, -0.1) is 0 Å². The standard InChI is InChI=1S/C18H26N4O6S/c1-29-7-6-13(18(27)28)21-17(26)14(9-15(20)24)22-16(25)12(19)8-10-2-4-11(23)5-3-10/h2-5,12-14,23H,6-9,19H2,1H3,(H2,20,24)(H,21,26)(H,22,25)(H,27,28)/t12-,13-,14-/m0/s1. The van der Waals surface area contributed by atoms with Gasteiger partial charge < -0.3 is 32.3 Å². The number of phenolic OH excluding ortho intramolecular Hbond substituents is 1. The number of thioether (sulfide) groups is 1. The Morgan fingerprint density at radius 1 is 1.07 bits per heavy atom. The molecule has 10 nitrogen and oxygen atoms in total. The number of carboxylic acids is 1. The fraction of sp³-hybridized carbons (Fsp3) is 0.444. The number of hydrogen-bond acceptors (Lipinski definition) is 7. The van der Waals surface area contributed by atoms with E-state index in [2.05, 4.69) is 10.6 Å². The van der Waals surface area contributed by atoms with Crippen molar-refractivity contribution in [3.8, 4) is 5.75 Å². The smallest absolute Gasteiger partial charge is 0.326 e. The number of carbonyl (C=O) groups is 4. The van der Waals surface area contributed by atoms with Crippen molar-refractivity contribution < 1.29 is 29.4 Å². The summed E-state index contributed by atoms with van der Waals surface area (Å²) >= 11 is 1.42. The number of hydrogen-bond donors (Lipinski definition) is 6. The van der Waals surface area contributed by atoms with Crippen molar-refractivity contribution in [3.63, 3.8) is 0 Å². The number of rotatable bonds is 12. The van der Waals surface area contributed by atoms with E-state index in [1.807, 2.05) is 0 Å². The summed E-state index contributed by atoms with van der Waals surface area (Å²) in [6, 6.07) is 2.55. The highest BCUT2D eigenvalue weighted by molar-refractivity contribution is 7.98. The van der Waals surface area contributed by atoms with Crippen molar-refractivity contribution in [1.29, 1.82) is 0 Å². The Morgan fingerprint density at radius 2 is 1.66 bits per heavy atom. The molecule has 0 saturated carbocycles. The lowest BCUT2D eigenvalue weighted by Gasteiger charge is -2.22. The number of carbonyl (C=O) groups excluding carboxylic acids is 3. The van der Waals surface area contributed by atoms with E-state index in [1.165, 1.54) is 23.9 Å². The van der Waals surface area contributed by atoms with Gasteiger partial charge in [-0.1, -0.05) is 12.1 Å². The number of aliphatic carboxylic acids is 1. The van der Waals surface area contributed by atoms with Gasteiger partial charge in [0.2, 0.25) is 17.7 Å². The van der Waals surface area contributed by atoms with Gasteiger partial charge in [-0.25, -0.2) is 4.79 Å². The minimum absolute atomic E-state index is 0.0689. The maximum Gasteiger partial charge on any atom is 0.326 e. The molecule has 11 heteroatoms. The molecule has 0 radical (unpaired) electrons. The number of phenols is 1. The molecule has 3 atom stereocenters. The highest BCUT2D eigenvalue weighted by Crippen LogP contribution is 2.11. The molecule has 0 fully saturated rings. The minimum atomic E-state index is -1.35. The van der Waals surface area contributed by atoms with Crippen LogP contribution in [0.3, 0.4) is 0 Å². The van der Waals surface area contributed by atoms with Gasteiger partial charge in [-0.05, 0) is 42.5 Å². The van der Waals surface area contributed by atoms with Crippen LogP contribution in [-0.2, 0) is 25.6 Å². The molecule has 0 unspecified atom stereocenters. The van der Waals surface area contributed by atoms with Crippen LogP contribution in [0.1, 0.15) is 18.4 Å². The van der Waals surface area contributed by atoms with Gasteiger partial charge in [-0.2, -0.15) is 11.8 Å². The third-order valence-electron chi connectivity index (χ3n) is 3.99. The minimum Gasteiger partial charge on any atom is -0.508 e. The first-order valence-electron chi connectivity index (χ1n) is 8.78. The fourth-order valence-corrected chi connectivity index (χ4v) is 2.90. The second kappa shape index (κ2) is 11.9. The number of aromatic hydroxyl groups is 1. The number of nitrogens with two attached hydrogens (primary N) is 2. The van der Waals surface area contributed by atoms with Gasteiger partial charge >= 0.3 is 5.97 Å². The van der Waals surface area contributed by atoms with Crippen LogP contribution in [-0.4, -0.2) is 64.0 Å². The number of primary amides is 1. The van der Waals surface area contributed by atoms with Crippen LogP contribution in [0, 0.1) is 0 Å². The SMILES string of the molecule is CSCC[C@H](NC(=O)[C@H](CC(N)=O)NC(=O)[C@@H](N)Cc1ccc(O)cc1)C(=O)O. The van der Waals surface area contributed by atoms with Gasteiger partial charge in [0.15, 0.2) is 0 Å². The van der Waals surface area contributed by atoms with E-state index in [0.29, 0.717) is 11.3 Å². The summed E-state index contributed by atoms with van der Waals surface area (Å²) in [6.45, 7) is 0. The quantitative estimate of drug-likeness (QED) is 0.244. The molecular weight excluding hydrogens is 400 g/mol. The van der Waals surface area contributed by atoms with Gasteiger partial charge in [0.1, 0.15) is 17.8 Å². The summed E-state index contributed by atoms with van der Waals surface area (Å²) in [5.74, 6) is -3.02. The van der Waals surface area contributed by atoms with E-state index >= 15 is 0 Å². The molecule has 29 heavy (non-hydrogen) atoms. The van der Waals surface area contributed by atoms with E-state index in [-0.39, 0.29) is 18.6 Å². The number of amides is 3. The zero-order valence-electron chi connectivity index (χ0n) is 16.0. The molecule has 0 aliphatic rings. The lowest BCUT2D eigenvalue weighted by Crippen LogP contribution is -2.55. The van der Waals surface area contributed by atoms with Crippen LogP contribution >= 0.6 is 11.8 Å². The Bertz CT molecular complexity index is 728. The van der Waals surface area contributed by atoms with E-state index < -0.39 is 48.2 Å². The number of nitrogens with one attached hydrogen (secondary N) is 2. The topological polar surface area (TPSA) is 185 Å². The summed E-state index contributed by atoms with van der Waals surface area (Å²) in [5, 5.41) is 23.2. The van der Waals surface area contributed by atoms with Crippen LogP contribution in [0.15, 0.2) is 24.3 Å². The zero-order chi connectivity index (χ0) is 22.0. The van der Waals surface area contributed by atoms with Gasteiger partial charge in [0, 0.05) is 0 Å². The molecule has 160 valence electrons. The molecule has 1 aromatic rings. The van der Waals surface area contributed by atoms with Crippen molar-refractivity contribution in [2.75, 3.05) is 12.0 Å². The Hall–Kier alpha value is -2.79. The van der Waals surface area contributed by atoms with Gasteiger partial charge in [0.25, 0.3) is 0 Å². The van der Waals surface area contributed by atoms with Crippen molar-refractivity contribution in [3.05, 3.63) is 29.8 Å². The van der Waals surface area contributed by atoms with E-state index in [4.69, 9.17) is 11.5 Å². The Kier molecular flexibility index (Phi) is 9.97. The first kappa shape index (κ1) is 24.2. The second-order valence-corrected chi connectivity index (χ2v) is 7.38. The molecule has 1 rings (SSSR count). The molecular formula is C18H26N4O6S. The predicted octanol–water partition coefficient (Wildman–Crippen LogP) is -1.06. The fourth-order valence-electron chi connectivity index (χ4n) is 2.43. The van der Waals surface area contributed by atoms with Crippen LogP contribution < -0.4 is 22.1 Å². The van der Waals surface area contributed by atoms with Crippen LogP contribution in [0.4, 0.5) is 0 Å². The van der Waals surface area contributed by atoms with E-state index in [9.17, 15) is 29.4 Å². The summed E-state index contributed by atoms with van der Waals surface area (Å²) in [7, 11) is 0. The monoisotopic (exact) mass is 426 g/mol. The van der Waals surface area contributed by atoms with Crippen molar-refractivity contribution in [2.24, 2.45) is 11.5 Å². The Labute approximate surface area is 172 Å². The molecule has 0 aliphatic carbocycles. The summed E-state index contributed by atoms with van der Waals surface area (Å²) in [5.41, 5.74) is 11.7. The largest absolute Gasteiger partial charge is 0.508 e. The molecule has 0 saturated heterocycles. The Morgan fingerprint density at radius 3 is 2.17 bits per heavy atom. The Balaban J connectivity index is 2.78. The summed E-state index contributed by atoms with van der Waals surface area (Å²) in [6.07, 6.45) is 1.60. The molecule has 8 N–H and O–H groups in total. The molecule has 0 bridgehead atoms. The average Bonchev–Trinajstić information content (AvgIpc) is 2.65. The van der Waals surface area contributed by atoms with Crippen LogP contribution in [0.5, 0.6) is 5.75 Å². The van der Waals surface area contributed by atoms with E-state index in [1.54, 1.807) is 18.4 Å². The molecule has 0 aliphatic heterocycles. The lowest BCUT2D eigenvalue weighted by molar-refractivity contribution is -0.142. The van der Waals surface area contributed by atoms with Gasteiger partial charge in [0.05, 0.1) is 12.5 Å². The number of benzene rings is 1. The number of carboxylic acid groups (broad SMARTS) is 1. The maximum absolute atomic E-state index is 12.4. The van der Waals surface area contributed by atoms with E-state index in [0.717, 1.165) is 0 Å². The van der Waals surface area contributed by atoms with Crippen LogP contribution in [0.25, 0.3) is 0 Å². The van der Waals surface area contributed by atoms with Gasteiger partial charge in [-0.3, -0.25) is 14.4 Å². The summed E-state index contributed by atoms with van der Waals surface area (Å²) < 4.78 is 0. The molecule has 0 aromatic heterocycles. The summed E-state index contributed by atoms with van der Waals surface area (Å²) in [4.78, 5) is 47.4. The second-order valence-electron chi connectivity index (χ2n) is 6.39. The molecule has 0 heterocycles. The maximum atomic E-state index is 12.4. The molecule has 1 aromatic carbocycles. The zero-order valence-corrected chi connectivity index (χ0v) is 16.8. The lowest BCUT2D eigenvalue weighted by atomic mass is 10.0.